The van der Waals surface area contributed by atoms with Gasteiger partial charge in [0, 0.05) is 12.3 Å². The van der Waals surface area contributed by atoms with E-state index >= 15 is 0 Å². The summed E-state index contributed by atoms with van der Waals surface area (Å²) in [6, 6.07) is 6.73. The number of nitrogens with zero attached hydrogens (tertiary/aromatic N) is 2. The largest absolute Gasteiger partial charge is 0.497 e. The number of hydrogen-bond donors (Lipinski definition) is 2. The summed E-state index contributed by atoms with van der Waals surface area (Å²) in [7, 11) is 1.56. The third-order valence-electron chi connectivity index (χ3n) is 2.32. The number of hydrogen-bond acceptors (Lipinski definition) is 4. The maximum absolute atomic E-state index is 10.9. The molecule has 0 atom stereocenters. The first-order valence-electron chi connectivity index (χ1n) is 4.91. The van der Waals surface area contributed by atoms with Gasteiger partial charge in [-0.15, -0.1) is 0 Å². The minimum atomic E-state index is -0.573. The molecule has 0 saturated heterocycles. The van der Waals surface area contributed by atoms with E-state index in [1.807, 2.05) is 0 Å². The van der Waals surface area contributed by atoms with Crippen molar-refractivity contribution < 1.29 is 9.53 Å². The molecule has 0 unspecified atom stereocenters. The van der Waals surface area contributed by atoms with Gasteiger partial charge >= 0.3 is 0 Å². The summed E-state index contributed by atoms with van der Waals surface area (Å²) in [6.45, 7) is 0. The molecule has 4 N–H and O–H groups in total. The van der Waals surface area contributed by atoms with Crippen molar-refractivity contribution in [2.45, 2.75) is 0 Å². The Morgan fingerprint density at radius 1 is 1.41 bits per heavy atom. The lowest BCUT2D eigenvalue weighted by Gasteiger charge is -2.07. The van der Waals surface area contributed by atoms with Crippen molar-refractivity contribution in [2.24, 2.45) is 5.73 Å². The number of aromatic nitrogens is 2. The van der Waals surface area contributed by atoms with Crippen LogP contribution in [0.2, 0.25) is 0 Å². The van der Waals surface area contributed by atoms with Crippen LogP contribution in [0.25, 0.3) is 5.69 Å². The van der Waals surface area contributed by atoms with Crippen LogP contribution in [0, 0.1) is 0 Å². The van der Waals surface area contributed by atoms with Gasteiger partial charge in [0.25, 0.3) is 5.91 Å². The second kappa shape index (κ2) is 4.17. The Balaban J connectivity index is 2.42. The normalized spacial score (nSPS) is 10.2. The molecule has 1 aromatic carbocycles. The average molecular weight is 232 g/mol. The van der Waals surface area contributed by atoms with E-state index in [-0.39, 0.29) is 5.69 Å². The number of rotatable bonds is 3. The first-order chi connectivity index (χ1) is 8.11. The summed E-state index contributed by atoms with van der Waals surface area (Å²) in [5.41, 5.74) is 12.3. The summed E-state index contributed by atoms with van der Waals surface area (Å²) in [5.74, 6) is 0.0874. The van der Waals surface area contributed by atoms with Gasteiger partial charge in [0.15, 0.2) is 0 Å². The molecule has 1 aromatic heterocycles. The molecule has 0 radical (unpaired) electrons. The van der Waals surface area contributed by atoms with E-state index in [1.54, 1.807) is 31.5 Å². The number of methoxy groups -OCH3 is 1. The van der Waals surface area contributed by atoms with Gasteiger partial charge in [-0.25, -0.2) is 4.68 Å². The molecule has 0 aliphatic heterocycles. The molecular formula is C11H12N4O2. The van der Waals surface area contributed by atoms with Gasteiger partial charge in [-0.2, -0.15) is 5.10 Å². The highest BCUT2D eigenvalue weighted by molar-refractivity contribution is 5.90. The lowest BCUT2D eigenvalue weighted by Crippen LogP contribution is -2.12. The van der Waals surface area contributed by atoms with Gasteiger partial charge in [-0.05, 0) is 18.2 Å². The number of nitrogen functional groups attached to an aromatic ring is 1. The zero-order valence-corrected chi connectivity index (χ0v) is 9.25. The van der Waals surface area contributed by atoms with Crippen LogP contribution in [0.1, 0.15) is 10.5 Å². The highest BCUT2D eigenvalue weighted by atomic mass is 16.5. The molecule has 0 spiro atoms. The van der Waals surface area contributed by atoms with E-state index in [4.69, 9.17) is 16.2 Å². The van der Waals surface area contributed by atoms with Crippen molar-refractivity contribution in [1.82, 2.24) is 9.78 Å². The van der Waals surface area contributed by atoms with Crippen molar-refractivity contribution in [3.63, 3.8) is 0 Å². The third-order valence-corrected chi connectivity index (χ3v) is 2.32. The van der Waals surface area contributed by atoms with E-state index < -0.39 is 5.91 Å². The molecule has 2 rings (SSSR count). The van der Waals surface area contributed by atoms with E-state index in [1.165, 1.54) is 10.7 Å². The van der Waals surface area contributed by atoms with Crippen LogP contribution in [0.4, 0.5) is 5.69 Å². The minimum Gasteiger partial charge on any atom is -0.497 e. The van der Waals surface area contributed by atoms with Crippen LogP contribution in [-0.2, 0) is 0 Å². The minimum absolute atomic E-state index is 0.195. The molecule has 6 heteroatoms. The summed E-state index contributed by atoms with van der Waals surface area (Å²) < 4.78 is 6.54. The summed E-state index contributed by atoms with van der Waals surface area (Å²) in [5, 5.41) is 4.02. The molecule has 2 aromatic rings. The second-order valence-electron chi connectivity index (χ2n) is 3.43. The fourth-order valence-corrected chi connectivity index (χ4v) is 1.46. The van der Waals surface area contributed by atoms with Crippen LogP contribution >= 0.6 is 0 Å². The molecule has 17 heavy (non-hydrogen) atoms. The quantitative estimate of drug-likeness (QED) is 0.756. The third kappa shape index (κ3) is 2.05. The van der Waals surface area contributed by atoms with Gasteiger partial charge in [0.05, 0.1) is 18.5 Å². The molecule has 0 aliphatic carbocycles. The van der Waals surface area contributed by atoms with Crippen LogP contribution in [-0.4, -0.2) is 22.8 Å². The van der Waals surface area contributed by atoms with Gasteiger partial charge < -0.3 is 16.2 Å². The van der Waals surface area contributed by atoms with Crippen molar-refractivity contribution in [2.75, 3.05) is 12.8 Å². The number of anilines is 1. The van der Waals surface area contributed by atoms with E-state index in [9.17, 15) is 4.79 Å². The molecule has 88 valence electrons. The van der Waals surface area contributed by atoms with Gasteiger partial charge in [0.2, 0.25) is 0 Å². The van der Waals surface area contributed by atoms with Gasteiger partial charge in [-0.3, -0.25) is 4.79 Å². The Bertz CT molecular complexity index is 562. The highest BCUT2D eigenvalue weighted by Crippen LogP contribution is 2.22. The summed E-state index contributed by atoms with van der Waals surface area (Å²) in [6.07, 6.45) is 1.62. The van der Waals surface area contributed by atoms with Crippen LogP contribution in [0.15, 0.2) is 30.5 Å². The smallest absolute Gasteiger partial charge is 0.269 e. The molecule has 0 aliphatic rings. The predicted molar refractivity (Wildman–Crippen MR) is 63.0 cm³/mol. The summed E-state index contributed by atoms with van der Waals surface area (Å²) in [4.78, 5) is 10.9. The Kier molecular flexibility index (Phi) is 2.70. The highest BCUT2D eigenvalue weighted by Gasteiger charge is 2.08. The van der Waals surface area contributed by atoms with Crippen molar-refractivity contribution >= 4 is 11.6 Å². The number of carbonyl (C=O) groups excluding carboxylic acids is 1. The molecule has 0 saturated carbocycles. The average Bonchev–Trinajstić information content (AvgIpc) is 2.78. The number of carbonyl (C=O) groups is 1. The fourth-order valence-electron chi connectivity index (χ4n) is 1.46. The van der Waals surface area contributed by atoms with E-state index in [2.05, 4.69) is 5.10 Å². The number of primary amides is 1. The standard InChI is InChI=1S/C11H12N4O2/c1-17-7-2-3-10(8(12)6-7)15-5-4-9(14-15)11(13)16/h2-6H,12H2,1H3,(H2,13,16). The van der Waals surface area contributed by atoms with Crippen molar-refractivity contribution in [1.29, 1.82) is 0 Å². The van der Waals surface area contributed by atoms with Crippen LogP contribution in [0.5, 0.6) is 5.75 Å². The van der Waals surface area contributed by atoms with Crippen molar-refractivity contribution in [3.05, 3.63) is 36.2 Å². The SMILES string of the molecule is COc1ccc(-n2ccc(C(N)=O)n2)c(N)c1. The molecular weight excluding hydrogens is 220 g/mol. The predicted octanol–water partition coefficient (Wildman–Crippen LogP) is 0.562. The number of nitrogens with two attached hydrogens (primary N) is 2. The number of ether oxygens (including phenoxy) is 1. The molecule has 6 nitrogen and oxygen atoms in total. The van der Waals surface area contributed by atoms with Gasteiger partial charge in [0.1, 0.15) is 11.4 Å². The molecule has 1 heterocycles. The van der Waals surface area contributed by atoms with Crippen LogP contribution < -0.4 is 16.2 Å². The zero-order chi connectivity index (χ0) is 12.4. The van der Waals surface area contributed by atoms with E-state index in [0.29, 0.717) is 17.1 Å². The lowest BCUT2D eigenvalue weighted by atomic mass is 10.2. The Hall–Kier alpha value is -2.50. The van der Waals surface area contributed by atoms with E-state index in [0.717, 1.165) is 0 Å². The Morgan fingerprint density at radius 2 is 2.18 bits per heavy atom. The molecule has 0 bridgehead atoms. The van der Waals surface area contributed by atoms with Crippen LogP contribution in [0.3, 0.4) is 0 Å². The second-order valence-corrected chi connectivity index (χ2v) is 3.43. The van der Waals surface area contributed by atoms with Crippen molar-refractivity contribution in [3.8, 4) is 11.4 Å². The zero-order valence-electron chi connectivity index (χ0n) is 9.25. The summed E-state index contributed by atoms with van der Waals surface area (Å²) >= 11 is 0. The maximum Gasteiger partial charge on any atom is 0.269 e. The number of amides is 1. The first kappa shape index (κ1) is 11.0. The monoisotopic (exact) mass is 232 g/mol. The Labute approximate surface area is 97.8 Å². The maximum atomic E-state index is 10.9. The lowest BCUT2D eigenvalue weighted by molar-refractivity contribution is 0.0995. The topological polar surface area (TPSA) is 96.2 Å². The fraction of sp³-hybridized carbons (Fsp3) is 0.0909. The first-order valence-corrected chi connectivity index (χ1v) is 4.91. The molecule has 0 fully saturated rings. The Morgan fingerprint density at radius 3 is 2.71 bits per heavy atom. The molecule has 1 amide bonds. The van der Waals surface area contributed by atoms with Gasteiger partial charge in [-0.1, -0.05) is 0 Å². The number of benzene rings is 1.